The van der Waals surface area contributed by atoms with Crippen LogP contribution in [-0.4, -0.2) is 64.2 Å². The number of methoxy groups -OCH3 is 2. The lowest BCUT2D eigenvalue weighted by atomic mass is 10.0. The van der Waals surface area contributed by atoms with E-state index in [9.17, 15) is 9.59 Å². The average Bonchev–Trinajstić information content (AvgIpc) is 2.80. The van der Waals surface area contributed by atoms with E-state index in [1.54, 1.807) is 18.2 Å². The summed E-state index contributed by atoms with van der Waals surface area (Å²) in [6.45, 7) is 5.50. The van der Waals surface area contributed by atoms with Gasteiger partial charge < -0.3 is 29.7 Å². The van der Waals surface area contributed by atoms with Gasteiger partial charge in [0.05, 0.1) is 14.2 Å². The zero-order valence-electron chi connectivity index (χ0n) is 20.3. The molecule has 0 aliphatic rings. The van der Waals surface area contributed by atoms with Crippen LogP contribution in [0.25, 0.3) is 0 Å². The van der Waals surface area contributed by atoms with Crippen LogP contribution in [0.2, 0.25) is 0 Å². The molecule has 2 N–H and O–H groups in total. The molecule has 0 fully saturated rings. The van der Waals surface area contributed by atoms with Gasteiger partial charge in [0, 0.05) is 24.7 Å². The Bertz CT molecular complexity index is 908. The number of benzene rings is 2. The lowest BCUT2D eigenvalue weighted by Crippen LogP contribution is -2.49. The third-order valence-corrected chi connectivity index (χ3v) is 5.02. The highest BCUT2D eigenvalue weighted by atomic mass is 16.5. The summed E-state index contributed by atoms with van der Waals surface area (Å²) in [4.78, 5) is 27.8. The Morgan fingerprint density at radius 2 is 1.64 bits per heavy atom. The van der Waals surface area contributed by atoms with Crippen molar-refractivity contribution in [1.29, 1.82) is 0 Å². The number of carbonyl (C=O) groups is 2. The molecule has 0 unspecified atom stereocenters. The number of nitrogens with zero attached hydrogens (tertiary/aromatic N) is 1. The molecule has 0 aliphatic heterocycles. The Balaban J connectivity index is 2.01. The highest BCUT2D eigenvalue weighted by Gasteiger charge is 2.25. The van der Waals surface area contributed by atoms with Crippen molar-refractivity contribution < 1.29 is 23.8 Å². The fourth-order valence-corrected chi connectivity index (χ4v) is 3.09. The predicted molar refractivity (Wildman–Crippen MR) is 128 cm³/mol. The number of carbonyl (C=O) groups excluding carboxylic acids is 2. The van der Waals surface area contributed by atoms with Crippen molar-refractivity contribution in [3.63, 3.8) is 0 Å². The van der Waals surface area contributed by atoms with Gasteiger partial charge >= 0.3 is 0 Å². The first-order chi connectivity index (χ1) is 15.7. The first-order valence-electron chi connectivity index (χ1n) is 10.9. The zero-order valence-corrected chi connectivity index (χ0v) is 20.3. The molecule has 0 bridgehead atoms. The summed E-state index contributed by atoms with van der Waals surface area (Å²) in [5, 5.41) is 5.75. The van der Waals surface area contributed by atoms with E-state index in [1.165, 1.54) is 14.2 Å². The van der Waals surface area contributed by atoms with E-state index < -0.39 is 6.04 Å². The summed E-state index contributed by atoms with van der Waals surface area (Å²) in [6.07, 6.45) is 0. The monoisotopic (exact) mass is 457 g/mol. The molecule has 8 nitrogen and oxygen atoms in total. The van der Waals surface area contributed by atoms with Crippen molar-refractivity contribution in [2.75, 3.05) is 41.5 Å². The molecule has 0 aliphatic carbocycles. The molecular weight excluding hydrogens is 422 g/mol. The maximum atomic E-state index is 12.9. The molecular formula is C25H35N3O5. The minimum absolute atomic E-state index is 0.109. The molecule has 0 aromatic heterocycles. The van der Waals surface area contributed by atoms with Crippen LogP contribution >= 0.6 is 0 Å². The van der Waals surface area contributed by atoms with Gasteiger partial charge in [-0.2, -0.15) is 0 Å². The number of hydrogen-bond donors (Lipinski definition) is 2. The molecule has 33 heavy (non-hydrogen) atoms. The molecule has 2 amide bonds. The lowest BCUT2D eigenvalue weighted by Gasteiger charge is -2.22. The number of likely N-dealkylation sites (N-methyl/N-ethyl adjacent to an activating group) is 1. The second kappa shape index (κ2) is 12.7. The van der Waals surface area contributed by atoms with Crippen molar-refractivity contribution in [2.45, 2.75) is 26.4 Å². The van der Waals surface area contributed by atoms with Crippen molar-refractivity contribution in [3.8, 4) is 17.2 Å². The summed E-state index contributed by atoms with van der Waals surface area (Å²) in [5.74, 6) is 1.01. The molecule has 0 heterocycles. The van der Waals surface area contributed by atoms with Gasteiger partial charge in [0.1, 0.15) is 29.9 Å². The van der Waals surface area contributed by atoms with Crippen molar-refractivity contribution in [1.82, 2.24) is 15.5 Å². The van der Waals surface area contributed by atoms with E-state index in [4.69, 9.17) is 14.2 Å². The molecule has 0 saturated carbocycles. The van der Waals surface area contributed by atoms with Crippen LogP contribution < -0.4 is 24.8 Å². The Hall–Kier alpha value is -3.26. The third kappa shape index (κ3) is 8.31. The second-order valence-electron chi connectivity index (χ2n) is 8.31. The smallest absolute Gasteiger partial charge is 0.252 e. The Kier molecular flexibility index (Phi) is 10.00. The number of rotatable bonds is 12. The number of hydrogen-bond acceptors (Lipinski definition) is 6. The fourth-order valence-electron chi connectivity index (χ4n) is 3.09. The molecule has 0 spiro atoms. The van der Waals surface area contributed by atoms with Crippen LogP contribution in [-0.2, 0) is 11.3 Å². The van der Waals surface area contributed by atoms with E-state index in [-0.39, 0.29) is 17.7 Å². The molecule has 1 atom stereocenters. The van der Waals surface area contributed by atoms with Crippen molar-refractivity contribution in [3.05, 3.63) is 53.6 Å². The molecule has 8 heteroatoms. The van der Waals surface area contributed by atoms with Gasteiger partial charge in [-0.15, -0.1) is 0 Å². The van der Waals surface area contributed by atoms with Crippen LogP contribution in [0.4, 0.5) is 0 Å². The SMILES string of the molecule is COc1cc(OC)cc(C(=O)N[C@H](C(=O)NCc2cccc(OCCN(C)C)c2)C(C)C)c1. The summed E-state index contributed by atoms with van der Waals surface area (Å²) in [7, 11) is 7.01. The molecule has 0 radical (unpaired) electrons. The third-order valence-electron chi connectivity index (χ3n) is 5.02. The van der Waals surface area contributed by atoms with E-state index in [0.717, 1.165) is 17.9 Å². The van der Waals surface area contributed by atoms with Gasteiger partial charge in [-0.05, 0) is 49.8 Å². The quantitative estimate of drug-likeness (QED) is 0.510. The largest absolute Gasteiger partial charge is 0.497 e. The standard InChI is InChI=1S/C25H35N3O5/c1-17(2)23(27-24(29)19-13-21(31-5)15-22(14-19)32-6)25(30)26-16-18-8-7-9-20(12-18)33-11-10-28(3)4/h7-9,12-15,17,23H,10-11,16H2,1-6H3,(H,26,30)(H,27,29)/t23-/m0/s1. The van der Waals surface area contributed by atoms with E-state index in [1.807, 2.05) is 57.1 Å². The second-order valence-corrected chi connectivity index (χ2v) is 8.31. The first-order valence-corrected chi connectivity index (χ1v) is 10.9. The fraction of sp³-hybridized carbons (Fsp3) is 0.440. The highest BCUT2D eigenvalue weighted by Crippen LogP contribution is 2.22. The van der Waals surface area contributed by atoms with Crippen LogP contribution in [0.15, 0.2) is 42.5 Å². The number of amides is 2. The molecule has 2 aromatic carbocycles. The van der Waals surface area contributed by atoms with Gasteiger partial charge in [0.25, 0.3) is 5.91 Å². The first kappa shape index (κ1) is 26.0. The van der Waals surface area contributed by atoms with Crippen LogP contribution in [0.5, 0.6) is 17.2 Å². The van der Waals surface area contributed by atoms with E-state index in [2.05, 4.69) is 10.6 Å². The summed E-state index contributed by atoms with van der Waals surface area (Å²) in [6, 6.07) is 11.8. The lowest BCUT2D eigenvalue weighted by molar-refractivity contribution is -0.124. The van der Waals surface area contributed by atoms with Crippen molar-refractivity contribution >= 4 is 11.8 Å². The van der Waals surface area contributed by atoms with E-state index in [0.29, 0.717) is 30.2 Å². The minimum Gasteiger partial charge on any atom is -0.497 e. The molecule has 180 valence electrons. The number of ether oxygens (including phenoxy) is 3. The van der Waals surface area contributed by atoms with Crippen LogP contribution in [0.1, 0.15) is 29.8 Å². The zero-order chi connectivity index (χ0) is 24.4. The summed E-state index contributed by atoms with van der Waals surface area (Å²) in [5.41, 5.74) is 1.27. The predicted octanol–water partition coefficient (Wildman–Crippen LogP) is 2.72. The van der Waals surface area contributed by atoms with Gasteiger partial charge in [-0.25, -0.2) is 0 Å². The Morgan fingerprint density at radius 3 is 2.21 bits per heavy atom. The molecule has 0 saturated heterocycles. The topological polar surface area (TPSA) is 89.1 Å². The average molecular weight is 458 g/mol. The van der Waals surface area contributed by atoms with Gasteiger partial charge in [0.15, 0.2) is 0 Å². The molecule has 2 aromatic rings. The van der Waals surface area contributed by atoms with E-state index >= 15 is 0 Å². The van der Waals surface area contributed by atoms with Crippen molar-refractivity contribution in [2.24, 2.45) is 5.92 Å². The van der Waals surface area contributed by atoms with Gasteiger partial charge in [-0.1, -0.05) is 26.0 Å². The van der Waals surface area contributed by atoms with Gasteiger partial charge in [-0.3, -0.25) is 9.59 Å². The maximum Gasteiger partial charge on any atom is 0.252 e. The maximum absolute atomic E-state index is 12.9. The Labute approximate surface area is 196 Å². The van der Waals surface area contributed by atoms with Crippen LogP contribution in [0, 0.1) is 5.92 Å². The normalized spacial score (nSPS) is 11.8. The Morgan fingerprint density at radius 1 is 0.970 bits per heavy atom. The summed E-state index contributed by atoms with van der Waals surface area (Å²) < 4.78 is 16.2. The molecule has 2 rings (SSSR count). The van der Waals surface area contributed by atoms with Gasteiger partial charge in [0.2, 0.25) is 5.91 Å². The number of nitrogens with one attached hydrogen (secondary N) is 2. The van der Waals surface area contributed by atoms with Crippen LogP contribution in [0.3, 0.4) is 0 Å². The highest BCUT2D eigenvalue weighted by molar-refractivity contribution is 5.98. The summed E-state index contributed by atoms with van der Waals surface area (Å²) >= 11 is 0. The minimum atomic E-state index is -0.700.